The summed E-state index contributed by atoms with van der Waals surface area (Å²) in [5, 5.41) is 3.71. The number of nitrogen functional groups attached to an aromatic ring is 1. The number of terminal acetylenes is 1. The van der Waals surface area contributed by atoms with E-state index >= 15 is 0 Å². The Kier molecular flexibility index (Phi) is 4.31. The summed E-state index contributed by atoms with van der Waals surface area (Å²) in [5.41, 5.74) is 7.67. The van der Waals surface area contributed by atoms with E-state index in [-0.39, 0.29) is 5.56 Å². The first-order valence-electron chi connectivity index (χ1n) is 5.74. The third kappa shape index (κ3) is 3.20. The van der Waals surface area contributed by atoms with E-state index in [1.54, 1.807) is 23.9 Å². The van der Waals surface area contributed by atoms with Crippen molar-refractivity contribution in [2.75, 3.05) is 29.1 Å². The summed E-state index contributed by atoms with van der Waals surface area (Å²) in [6, 6.07) is 3.42. The molecule has 1 aromatic carbocycles. The van der Waals surface area contributed by atoms with Crippen molar-refractivity contribution in [1.29, 1.82) is 0 Å². The molecular formula is C13H14N4OS. The van der Waals surface area contributed by atoms with E-state index in [1.165, 1.54) is 6.33 Å². The highest BCUT2D eigenvalue weighted by molar-refractivity contribution is 7.99. The number of benzene rings is 1. The van der Waals surface area contributed by atoms with Crippen LogP contribution in [-0.4, -0.2) is 28.0 Å². The maximum Gasteiger partial charge on any atom is 0.258 e. The number of nitrogens with one attached hydrogen (secondary N) is 2. The number of hydrogen-bond acceptors (Lipinski definition) is 5. The number of aromatic amines is 1. The van der Waals surface area contributed by atoms with E-state index in [4.69, 9.17) is 12.2 Å². The van der Waals surface area contributed by atoms with Gasteiger partial charge >= 0.3 is 0 Å². The van der Waals surface area contributed by atoms with E-state index in [1.807, 2.05) is 0 Å². The molecule has 1 aromatic heterocycles. The minimum atomic E-state index is -0.187. The molecule has 0 atom stereocenters. The molecule has 0 fully saturated rings. The Morgan fingerprint density at radius 1 is 1.53 bits per heavy atom. The van der Waals surface area contributed by atoms with Gasteiger partial charge in [-0.15, -0.1) is 18.2 Å². The SMILES string of the molecule is C#CCSCCNc1cc2nc[nH]c(=O)c2cc1N. The molecule has 0 radical (unpaired) electrons. The Morgan fingerprint density at radius 3 is 3.16 bits per heavy atom. The summed E-state index contributed by atoms with van der Waals surface area (Å²) in [6.45, 7) is 0.755. The van der Waals surface area contributed by atoms with Gasteiger partial charge in [0.2, 0.25) is 0 Å². The smallest absolute Gasteiger partial charge is 0.258 e. The van der Waals surface area contributed by atoms with Gasteiger partial charge < -0.3 is 16.0 Å². The van der Waals surface area contributed by atoms with Crippen molar-refractivity contribution in [2.45, 2.75) is 0 Å². The van der Waals surface area contributed by atoms with Crippen LogP contribution in [0, 0.1) is 12.3 Å². The monoisotopic (exact) mass is 274 g/mol. The van der Waals surface area contributed by atoms with Crippen LogP contribution < -0.4 is 16.6 Å². The number of rotatable bonds is 5. The van der Waals surface area contributed by atoms with Gasteiger partial charge in [-0.25, -0.2) is 4.98 Å². The number of hydrogen-bond donors (Lipinski definition) is 3. The predicted molar refractivity (Wildman–Crippen MR) is 81.4 cm³/mol. The third-order valence-electron chi connectivity index (χ3n) is 2.56. The average Bonchev–Trinajstić information content (AvgIpc) is 2.40. The summed E-state index contributed by atoms with van der Waals surface area (Å²) >= 11 is 1.67. The van der Waals surface area contributed by atoms with E-state index < -0.39 is 0 Å². The molecule has 0 saturated carbocycles. The molecule has 98 valence electrons. The molecule has 0 amide bonds. The molecule has 0 spiro atoms. The first-order valence-corrected chi connectivity index (χ1v) is 6.90. The summed E-state index contributed by atoms with van der Waals surface area (Å²) < 4.78 is 0. The van der Waals surface area contributed by atoms with E-state index in [9.17, 15) is 4.79 Å². The fourth-order valence-electron chi connectivity index (χ4n) is 1.67. The highest BCUT2D eigenvalue weighted by atomic mass is 32.2. The fourth-order valence-corrected chi connectivity index (χ4v) is 2.18. The number of fused-ring (bicyclic) bond motifs is 1. The van der Waals surface area contributed by atoms with Crippen LogP contribution in [0.5, 0.6) is 0 Å². The fraction of sp³-hybridized carbons (Fsp3) is 0.231. The Balaban J connectivity index is 2.14. The van der Waals surface area contributed by atoms with Crippen LogP contribution in [0.1, 0.15) is 0 Å². The van der Waals surface area contributed by atoms with E-state index in [0.717, 1.165) is 18.0 Å². The van der Waals surface area contributed by atoms with Gasteiger partial charge in [0, 0.05) is 12.3 Å². The van der Waals surface area contributed by atoms with Crippen LogP contribution in [0.15, 0.2) is 23.3 Å². The molecule has 19 heavy (non-hydrogen) atoms. The van der Waals surface area contributed by atoms with Crippen LogP contribution in [0.3, 0.4) is 0 Å². The zero-order valence-electron chi connectivity index (χ0n) is 10.3. The summed E-state index contributed by atoms with van der Waals surface area (Å²) in [6.07, 6.45) is 6.55. The Morgan fingerprint density at radius 2 is 2.37 bits per heavy atom. The first kappa shape index (κ1) is 13.3. The number of thioether (sulfide) groups is 1. The van der Waals surface area contributed by atoms with Gasteiger partial charge in [-0.1, -0.05) is 5.92 Å². The second-order valence-corrected chi connectivity index (χ2v) is 4.98. The maximum atomic E-state index is 11.6. The lowest BCUT2D eigenvalue weighted by Gasteiger charge is -2.09. The number of nitrogens with zero attached hydrogens (tertiary/aromatic N) is 1. The Hall–Kier alpha value is -2.13. The van der Waals surface area contributed by atoms with Crippen LogP contribution in [-0.2, 0) is 0 Å². The predicted octanol–water partition coefficient (Wildman–Crippen LogP) is 1.28. The summed E-state index contributed by atoms with van der Waals surface area (Å²) in [5.74, 6) is 4.16. The molecule has 0 aliphatic carbocycles. The van der Waals surface area contributed by atoms with E-state index in [2.05, 4.69) is 21.2 Å². The molecule has 1 heterocycles. The van der Waals surface area contributed by atoms with Gasteiger partial charge in [0.05, 0.1) is 34.4 Å². The zero-order chi connectivity index (χ0) is 13.7. The van der Waals surface area contributed by atoms with Crippen molar-refractivity contribution in [1.82, 2.24) is 9.97 Å². The van der Waals surface area contributed by atoms with Crippen molar-refractivity contribution in [3.05, 3.63) is 28.8 Å². The van der Waals surface area contributed by atoms with Crippen molar-refractivity contribution in [2.24, 2.45) is 0 Å². The maximum absolute atomic E-state index is 11.6. The summed E-state index contributed by atoms with van der Waals surface area (Å²) in [7, 11) is 0. The molecule has 2 aromatic rings. The lowest BCUT2D eigenvalue weighted by atomic mass is 10.2. The minimum absolute atomic E-state index is 0.187. The molecule has 0 bridgehead atoms. The summed E-state index contributed by atoms with van der Waals surface area (Å²) in [4.78, 5) is 18.2. The van der Waals surface area contributed by atoms with Gasteiger partial charge in [0.15, 0.2) is 0 Å². The van der Waals surface area contributed by atoms with Gasteiger partial charge in [0.25, 0.3) is 5.56 Å². The molecular weight excluding hydrogens is 260 g/mol. The topological polar surface area (TPSA) is 83.8 Å². The van der Waals surface area contributed by atoms with Crippen molar-refractivity contribution in [3.8, 4) is 12.3 Å². The standard InChI is InChI=1S/C13H14N4OS/c1-2-4-19-5-3-15-12-7-11-9(6-10(12)14)13(18)17-8-16-11/h1,6-8,15H,3-5,14H2,(H,16,17,18). The van der Waals surface area contributed by atoms with Crippen molar-refractivity contribution >= 4 is 34.0 Å². The van der Waals surface area contributed by atoms with Gasteiger partial charge in [-0.3, -0.25) is 4.79 Å². The second kappa shape index (κ2) is 6.16. The number of anilines is 2. The van der Waals surface area contributed by atoms with Gasteiger partial charge in [-0.2, -0.15) is 0 Å². The lowest BCUT2D eigenvalue weighted by molar-refractivity contribution is 1.17. The van der Waals surface area contributed by atoms with E-state index in [0.29, 0.717) is 22.3 Å². The average molecular weight is 274 g/mol. The number of nitrogens with two attached hydrogens (primary N) is 1. The highest BCUT2D eigenvalue weighted by Crippen LogP contribution is 2.22. The number of aromatic nitrogens is 2. The molecule has 5 nitrogen and oxygen atoms in total. The van der Waals surface area contributed by atoms with Crippen LogP contribution in [0.4, 0.5) is 11.4 Å². The zero-order valence-corrected chi connectivity index (χ0v) is 11.1. The van der Waals surface area contributed by atoms with Crippen molar-refractivity contribution < 1.29 is 0 Å². The normalized spacial score (nSPS) is 10.3. The molecule has 0 aliphatic heterocycles. The van der Waals surface area contributed by atoms with Crippen LogP contribution in [0.2, 0.25) is 0 Å². The Bertz CT molecular complexity index is 674. The molecule has 6 heteroatoms. The van der Waals surface area contributed by atoms with Crippen LogP contribution >= 0.6 is 11.8 Å². The molecule has 0 aliphatic rings. The molecule has 0 saturated heterocycles. The molecule has 0 unspecified atom stereocenters. The Labute approximate surface area is 115 Å². The minimum Gasteiger partial charge on any atom is -0.397 e. The quantitative estimate of drug-likeness (QED) is 0.434. The molecule has 4 N–H and O–H groups in total. The first-order chi connectivity index (χ1) is 9.22. The van der Waals surface area contributed by atoms with Crippen molar-refractivity contribution in [3.63, 3.8) is 0 Å². The molecule has 2 rings (SSSR count). The second-order valence-electron chi connectivity index (χ2n) is 3.87. The lowest BCUT2D eigenvalue weighted by Crippen LogP contribution is -2.10. The largest absolute Gasteiger partial charge is 0.397 e. The number of H-pyrrole nitrogens is 1. The van der Waals surface area contributed by atoms with Crippen LogP contribution in [0.25, 0.3) is 10.9 Å². The van der Waals surface area contributed by atoms with Gasteiger partial charge in [-0.05, 0) is 12.1 Å². The van der Waals surface area contributed by atoms with Gasteiger partial charge in [0.1, 0.15) is 0 Å². The highest BCUT2D eigenvalue weighted by Gasteiger charge is 2.05. The third-order valence-corrected chi connectivity index (χ3v) is 3.42.